The van der Waals surface area contributed by atoms with Crippen molar-refractivity contribution in [3.63, 3.8) is 0 Å². The number of benzene rings is 3. The number of rotatable bonds is 6. The first kappa shape index (κ1) is 23.4. The Balaban J connectivity index is 1.65. The lowest BCUT2D eigenvalue weighted by molar-refractivity contribution is 0.0954. The van der Waals surface area contributed by atoms with E-state index >= 15 is 0 Å². The monoisotopic (exact) mass is 466 g/mol. The Bertz CT molecular complexity index is 1220. The fraction of sp³-hybridized carbons (Fsp3) is 0. The van der Waals surface area contributed by atoms with E-state index in [2.05, 4.69) is 21.1 Å². The summed E-state index contributed by atoms with van der Waals surface area (Å²) in [5.41, 5.74) is 4.62. The molecule has 0 saturated heterocycles. The van der Waals surface area contributed by atoms with Crippen LogP contribution in [-0.4, -0.2) is 54.9 Å². The van der Waals surface area contributed by atoms with Gasteiger partial charge in [-0.2, -0.15) is 10.2 Å². The summed E-state index contributed by atoms with van der Waals surface area (Å²) in [5, 5.41) is 64.4. The maximum atomic E-state index is 12.3. The quantitative estimate of drug-likeness (QED) is 0.151. The molecule has 0 unspecified atom stereocenters. The zero-order valence-electron chi connectivity index (χ0n) is 17.2. The van der Waals surface area contributed by atoms with Crippen LogP contribution >= 0.6 is 0 Å². The number of hydrogen-bond donors (Lipinski definition) is 8. The van der Waals surface area contributed by atoms with Crippen LogP contribution < -0.4 is 10.9 Å². The fourth-order valence-electron chi connectivity index (χ4n) is 2.63. The van der Waals surface area contributed by atoms with Gasteiger partial charge in [-0.25, -0.2) is 10.9 Å². The third-order valence-corrected chi connectivity index (χ3v) is 4.45. The van der Waals surface area contributed by atoms with Crippen LogP contribution in [-0.2, 0) is 0 Å². The van der Waals surface area contributed by atoms with Crippen molar-refractivity contribution in [2.45, 2.75) is 0 Å². The van der Waals surface area contributed by atoms with Crippen molar-refractivity contribution >= 4 is 24.2 Å². The van der Waals surface area contributed by atoms with Crippen molar-refractivity contribution in [1.82, 2.24) is 10.9 Å². The molecular formula is C22H18N4O8. The van der Waals surface area contributed by atoms with E-state index in [0.717, 1.165) is 24.6 Å². The van der Waals surface area contributed by atoms with Crippen molar-refractivity contribution < 1.29 is 40.2 Å². The second-order valence-electron chi connectivity index (χ2n) is 6.72. The van der Waals surface area contributed by atoms with Crippen LogP contribution in [0.5, 0.6) is 34.5 Å². The third-order valence-electron chi connectivity index (χ3n) is 4.45. The third kappa shape index (κ3) is 5.13. The van der Waals surface area contributed by atoms with Gasteiger partial charge < -0.3 is 30.6 Å². The van der Waals surface area contributed by atoms with Crippen LogP contribution in [0.2, 0.25) is 0 Å². The summed E-state index contributed by atoms with van der Waals surface area (Å²) in [7, 11) is 0. The van der Waals surface area contributed by atoms with Gasteiger partial charge in [-0.1, -0.05) is 6.07 Å². The number of carbonyl (C=O) groups excluding carboxylic acids is 2. The van der Waals surface area contributed by atoms with E-state index in [1.165, 1.54) is 36.4 Å². The highest BCUT2D eigenvalue weighted by molar-refractivity contribution is 6.00. The van der Waals surface area contributed by atoms with E-state index in [9.17, 15) is 40.2 Å². The molecule has 0 aliphatic carbocycles. The van der Waals surface area contributed by atoms with Gasteiger partial charge in [0.25, 0.3) is 11.8 Å². The van der Waals surface area contributed by atoms with E-state index in [4.69, 9.17) is 0 Å². The van der Waals surface area contributed by atoms with E-state index in [1.54, 1.807) is 0 Å². The number of nitrogens with one attached hydrogen (secondary N) is 2. The highest BCUT2D eigenvalue weighted by Gasteiger charge is 2.12. The van der Waals surface area contributed by atoms with E-state index in [1.807, 2.05) is 0 Å². The standard InChI is InChI=1S/C22H18N4O8/c27-15-6-4-13(17(29)19(15)31)9-23-25-21(33)11-2-1-3-12(8-11)22(34)26-24-10-14-5-7-16(28)20(32)18(14)30/h1-10,27-32H,(H,25,33)(H,26,34)/b23-9+,24-10+. The van der Waals surface area contributed by atoms with Crippen LogP contribution in [0.4, 0.5) is 0 Å². The predicted molar refractivity (Wildman–Crippen MR) is 119 cm³/mol. The Morgan fingerprint density at radius 1 is 0.618 bits per heavy atom. The van der Waals surface area contributed by atoms with Crippen molar-refractivity contribution in [3.05, 3.63) is 70.8 Å². The lowest BCUT2D eigenvalue weighted by Gasteiger charge is -2.05. The van der Waals surface area contributed by atoms with Gasteiger partial charge in [-0.3, -0.25) is 9.59 Å². The molecule has 34 heavy (non-hydrogen) atoms. The highest BCUT2D eigenvalue weighted by Crippen LogP contribution is 2.36. The van der Waals surface area contributed by atoms with Gasteiger partial charge in [-0.05, 0) is 42.5 Å². The Morgan fingerprint density at radius 2 is 1.03 bits per heavy atom. The van der Waals surface area contributed by atoms with Crippen LogP contribution in [0.3, 0.4) is 0 Å². The molecule has 0 radical (unpaired) electrons. The molecule has 0 bridgehead atoms. The molecule has 12 heteroatoms. The normalized spacial score (nSPS) is 11.1. The lowest BCUT2D eigenvalue weighted by Crippen LogP contribution is -2.20. The maximum Gasteiger partial charge on any atom is 0.271 e. The molecule has 3 aromatic rings. The lowest BCUT2D eigenvalue weighted by atomic mass is 10.1. The topological polar surface area (TPSA) is 204 Å². The van der Waals surface area contributed by atoms with Crippen molar-refractivity contribution in [1.29, 1.82) is 0 Å². The number of aromatic hydroxyl groups is 6. The van der Waals surface area contributed by atoms with Gasteiger partial charge in [0.2, 0.25) is 11.5 Å². The fourth-order valence-corrected chi connectivity index (χ4v) is 2.63. The van der Waals surface area contributed by atoms with Crippen LogP contribution in [0, 0.1) is 0 Å². The molecule has 2 amide bonds. The average molecular weight is 466 g/mol. The van der Waals surface area contributed by atoms with E-state index in [-0.39, 0.29) is 22.3 Å². The second-order valence-corrected chi connectivity index (χ2v) is 6.72. The Kier molecular flexibility index (Phi) is 6.82. The summed E-state index contributed by atoms with van der Waals surface area (Å²) in [4.78, 5) is 24.6. The molecule has 0 spiro atoms. The molecule has 0 aliphatic rings. The molecule has 3 rings (SSSR count). The van der Waals surface area contributed by atoms with Crippen molar-refractivity contribution in [2.24, 2.45) is 10.2 Å². The molecule has 0 fully saturated rings. The Hall–Kier alpha value is -5.26. The van der Waals surface area contributed by atoms with Gasteiger partial charge in [0.1, 0.15) is 0 Å². The van der Waals surface area contributed by atoms with Gasteiger partial charge in [0, 0.05) is 22.3 Å². The van der Waals surface area contributed by atoms with Crippen LogP contribution in [0.1, 0.15) is 31.8 Å². The minimum atomic E-state index is -0.728. The van der Waals surface area contributed by atoms with Gasteiger partial charge in [0.05, 0.1) is 12.4 Å². The number of nitrogens with zero attached hydrogens (tertiary/aromatic N) is 2. The van der Waals surface area contributed by atoms with Gasteiger partial charge >= 0.3 is 0 Å². The zero-order chi connectivity index (χ0) is 24.8. The van der Waals surface area contributed by atoms with Crippen LogP contribution in [0.15, 0.2) is 58.7 Å². The molecular weight excluding hydrogens is 448 g/mol. The predicted octanol–water partition coefficient (Wildman–Crippen LogP) is 1.45. The highest BCUT2D eigenvalue weighted by atomic mass is 16.3. The molecule has 0 heterocycles. The summed E-state index contributed by atoms with van der Waals surface area (Å²) in [6.07, 6.45) is 2.10. The molecule has 0 aliphatic heterocycles. The average Bonchev–Trinajstić information content (AvgIpc) is 2.83. The molecule has 3 aromatic carbocycles. The first-order chi connectivity index (χ1) is 16.2. The molecule has 12 nitrogen and oxygen atoms in total. The number of carbonyl (C=O) groups is 2. The summed E-state index contributed by atoms with van der Waals surface area (Å²) in [6, 6.07) is 10.4. The number of phenolic OH excluding ortho intramolecular Hbond substituents is 6. The molecule has 0 aromatic heterocycles. The smallest absolute Gasteiger partial charge is 0.271 e. The van der Waals surface area contributed by atoms with E-state index < -0.39 is 46.3 Å². The second kappa shape index (κ2) is 9.91. The van der Waals surface area contributed by atoms with Gasteiger partial charge in [-0.15, -0.1) is 0 Å². The molecule has 174 valence electrons. The largest absolute Gasteiger partial charge is 0.504 e. The van der Waals surface area contributed by atoms with Crippen molar-refractivity contribution in [3.8, 4) is 34.5 Å². The zero-order valence-corrected chi connectivity index (χ0v) is 17.2. The Labute approximate surface area is 191 Å². The first-order valence-electron chi connectivity index (χ1n) is 9.43. The summed E-state index contributed by atoms with van der Waals surface area (Å²) in [5.74, 6) is -5.08. The first-order valence-corrected chi connectivity index (χ1v) is 9.43. The Morgan fingerprint density at radius 3 is 1.44 bits per heavy atom. The molecule has 0 atom stereocenters. The molecule has 8 N–H and O–H groups in total. The molecule has 0 saturated carbocycles. The maximum absolute atomic E-state index is 12.3. The number of hydrogen-bond acceptors (Lipinski definition) is 10. The summed E-state index contributed by atoms with van der Waals surface area (Å²) >= 11 is 0. The SMILES string of the molecule is O=C(N/N=C/c1ccc(O)c(O)c1O)c1cccc(C(=O)N/N=C/c2ccc(O)c(O)c2O)c1. The summed E-state index contributed by atoms with van der Waals surface area (Å²) in [6.45, 7) is 0. The summed E-state index contributed by atoms with van der Waals surface area (Å²) < 4.78 is 0. The minimum Gasteiger partial charge on any atom is -0.504 e. The van der Waals surface area contributed by atoms with Crippen molar-refractivity contribution in [2.75, 3.05) is 0 Å². The van der Waals surface area contributed by atoms with Crippen LogP contribution in [0.25, 0.3) is 0 Å². The van der Waals surface area contributed by atoms with E-state index in [0.29, 0.717) is 0 Å². The number of hydrazone groups is 2. The number of phenols is 6. The number of amides is 2. The minimum absolute atomic E-state index is 0.0366. The van der Waals surface area contributed by atoms with Gasteiger partial charge in [0.15, 0.2) is 23.0 Å².